The highest BCUT2D eigenvalue weighted by atomic mass is 32.1. The van der Waals surface area contributed by atoms with Crippen LogP contribution in [0.2, 0.25) is 0 Å². The number of carbonyl (C=O) groups is 1. The fraction of sp³-hybridized carbons (Fsp3) is 0.421. The van der Waals surface area contributed by atoms with E-state index in [1.165, 1.54) is 5.56 Å². The Labute approximate surface area is 163 Å². The Kier molecular flexibility index (Phi) is 6.41. The topological polar surface area (TPSA) is 63.3 Å². The number of hydrogen-bond acceptors (Lipinski definition) is 6. The molecular weight excluding hydrogens is 366 g/mol. The van der Waals surface area contributed by atoms with Crippen LogP contribution in [0.25, 0.3) is 0 Å². The van der Waals surface area contributed by atoms with Gasteiger partial charge in [0, 0.05) is 44.9 Å². The van der Waals surface area contributed by atoms with Gasteiger partial charge in [-0.25, -0.2) is 4.79 Å². The second-order valence-electron chi connectivity index (χ2n) is 6.24. The maximum atomic E-state index is 12.6. The number of carbonyl (C=O) groups excluding carboxylic acids is 1. The van der Waals surface area contributed by atoms with Gasteiger partial charge >= 0.3 is 6.03 Å². The van der Waals surface area contributed by atoms with Gasteiger partial charge in [-0.05, 0) is 22.4 Å². The van der Waals surface area contributed by atoms with Gasteiger partial charge in [-0.1, -0.05) is 0 Å². The van der Waals surface area contributed by atoms with Gasteiger partial charge in [-0.3, -0.25) is 4.90 Å². The lowest BCUT2D eigenvalue weighted by molar-refractivity contribution is 0.143. The summed E-state index contributed by atoms with van der Waals surface area (Å²) in [6.45, 7) is 4.05. The average molecular weight is 391 g/mol. The first kappa shape index (κ1) is 19.3. The highest BCUT2D eigenvalue weighted by Gasteiger charge is 2.22. The minimum atomic E-state index is -0.126. The number of nitrogens with zero attached hydrogens (tertiary/aromatic N) is 2. The van der Waals surface area contributed by atoms with Crippen LogP contribution in [0, 0.1) is 0 Å². The van der Waals surface area contributed by atoms with Crippen molar-refractivity contribution in [3.8, 4) is 17.2 Å². The van der Waals surface area contributed by atoms with Crippen LogP contribution < -0.4 is 19.5 Å². The van der Waals surface area contributed by atoms with Gasteiger partial charge in [0.25, 0.3) is 0 Å². The molecule has 1 aromatic carbocycles. The van der Waals surface area contributed by atoms with Crippen LogP contribution in [0.15, 0.2) is 29.0 Å². The minimum absolute atomic E-state index is 0.126. The van der Waals surface area contributed by atoms with Crippen LogP contribution in [-0.4, -0.2) is 63.3 Å². The number of benzene rings is 1. The molecule has 2 heterocycles. The lowest BCUT2D eigenvalue weighted by atomic mass is 10.2. The molecule has 1 aliphatic rings. The van der Waals surface area contributed by atoms with Crippen molar-refractivity contribution in [3.05, 3.63) is 34.5 Å². The summed E-state index contributed by atoms with van der Waals surface area (Å²) < 4.78 is 16.0. The number of nitrogens with one attached hydrogen (secondary N) is 1. The van der Waals surface area contributed by atoms with Gasteiger partial charge in [-0.2, -0.15) is 11.3 Å². The quantitative estimate of drug-likeness (QED) is 0.820. The number of anilines is 1. The zero-order chi connectivity index (χ0) is 19.2. The van der Waals surface area contributed by atoms with E-state index in [1.54, 1.807) is 44.8 Å². The van der Waals surface area contributed by atoms with Crippen molar-refractivity contribution >= 4 is 23.1 Å². The van der Waals surface area contributed by atoms with Crippen LogP contribution in [0.3, 0.4) is 0 Å². The number of hydrogen-bond donors (Lipinski definition) is 1. The minimum Gasteiger partial charge on any atom is -0.493 e. The van der Waals surface area contributed by atoms with E-state index in [0.717, 1.165) is 19.6 Å². The normalized spacial score (nSPS) is 14.7. The van der Waals surface area contributed by atoms with Crippen LogP contribution in [0.5, 0.6) is 17.2 Å². The van der Waals surface area contributed by atoms with Crippen LogP contribution >= 0.6 is 11.3 Å². The van der Waals surface area contributed by atoms with Crippen molar-refractivity contribution in [3.63, 3.8) is 0 Å². The lowest BCUT2D eigenvalue weighted by Gasteiger charge is -2.34. The zero-order valence-corrected chi connectivity index (χ0v) is 16.7. The SMILES string of the molecule is COc1cc(NC(=O)N2CCN(Cc3ccsc3)CC2)cc(OC)c1OC. The molecular formula is C19H25N3O4S. The molecule has 0 radical (unpaired) electrons. The summed E-state index contributed by atoms with van der Waals surface area (Å²) in [5.74, 6) is 1.51. The average Bonchev–Trinajstić information content (AvgIpc) is 3.20. The summed E-state index contributed by atoms with van der Waals surface area (Å²) in [5.41, 5.74) is 1.94. The van der Waals surface area contributed by atoms with E-state index in [0.29, 0.717) is 36.0 Å². The third-order valence-corrected chi connectivity index (χ3v) is 5.29. The van der Waals surface area contributed by atoms with E-state index in [2.05, 4.69) is 27.0 Å². The fourth-order valence-electron chi connectivity index (χ4n) is 3.11. The van der Waals surface area contributed by atoms with E-state index in [-0.39, 0.29) is 6.03 Å². The highest BCUT2D eigenvalue weighted by molar-refractivity contribution is 7.07. The maximum absolute atomic E-state index is 12.6. The summed E-state index contributed by atoms with van der Waals surface area (Å²) in [5, 5.41) is 7.19. The van der Waals surface area contributed by atoms with Crippen LogP contribution in [0.4, 0.5) is 10.5 Å². The molecule has 1 saturated heterocycles. The van der Waals surface area contributed by atoms with Gasteiger partial charge in [0.05, 0.1) is 27.0 Å². The van der Waals surface area contributed by atoms with Crippen molar-refractivity contribution in [2.75, 3.05) is 52.8 Å². The van der Waals surface area contributed by atoms with Crippen LogP contribution in [0.1, 0.15) is 5.56 Å². The molecule has 2 amide bonds. The van der Waals surface area contributed by atoms with E-state index >= 15 is 0 Å². The van der Waals surface area contributed by atoms with E-state index in [4.69, 9.17) is 14.2 Å². The molecule has 2 aromatic rings. The van der Waals surface area contributed by atoms with E-state index in [1.807, 2.05) is 4.90 Å². The number of amides is 2. The monoisotopic (exact) mass is 391 g/mol. The second kappa shape index (κ2) is 8.96. The standard InChI is InChI=1S/C19H25N3O4S/c1-24-16-10-15(11-17(25-2)18(16)26-3)20-19(23)22-7-5-21(6-8-22)12-14-4-9-27-13-14/h4,9-11,13H,5-8,12H2,1-3H3,(H,20,23). The van der Waals surface area contributed by atoms with Crippen molar-refractivity contribution < 1.29 is 19.0 Å². The Hall–Kier alpha value is -2.45. The molecule has 0 atom stereocenters. The van der Waals surface area contributed by atoms with Crippen molar-refractivity contribution in [1.29, 1.82) is 0 Å². The van der Waals surface area contributed by atoms with Crippen molar-refractivity contribution in [1.82, 2.24) is 9.80 Å². The van der Waals surface area contributed by atoms with Gasteiger partial charge in [0.1, 0.15) is 0 Å². The van der Waals surface area contributed by atoms with E-state index < -0.39 is 0 Å². The summed E-state index contributed by atoms with van der Waals surface area (Å²) in [7, 11) is 4.65. The molecule has 0 spiro atoms. The number of rotatable bonds is 6. The fourth-order valence-corrected chi connectivity index (χ4v) is 3.77. The number of ether oxygens (including phenoxy) is 3. The largest absolute Gasteiger partial charge is 0.493 e. The Morgan fingerprint density at radius 3 is 2.26 bits per heavy atom. The molecule has 7 nitrogen and oxygen atoms in total. The molecule has 3 rings (SSSR count). The molecule has 0 saturated carbocycles. The molecule has 146 valence electrons. The highest BCUT2D eigenvalue weighted by Crippen LogP contribution is 2.40. The number of thiophene rings is 1. The van der Waals surface area contributed by atoms with Crippen molar-refractivity contribution in [2.45, 2.75) is 6.54 Å². The molecule has 27 heavy (non-hydrogen) atoms. The summed E-state index contributed by atoms with van der Waals surface area (Å²) in [6.07, 6.45) is 0. The molecule has 0 unspecified atom stereocenters. The third kappa shape index (κ3) is 4.64. The molecule has 0 aliphatic carbocycles. The predicted molar refractivity (Wildman–Crippen MR) is 106 cm³/mol. The first-order valence-corrected chi connectivity index (χ1v) is 9.68. The second-order valence-corrected chi connectivity index (χ2v) is 7.02. The number of methoxy groups -OCH3 is 3. The Morgan fingerprint density at radius 2 is 1.74 bits per heavy atom. The summed E-state index contributed by atoms with van der Waals surface area (Å²) in [6, 6.07) is 5.48. The molecule has 1 N–H and O–H groups in total. The number of urea groups is 1. The van der Waals surface area contributed by atoms with Gasteiger partial charge < -0.3 is 24.4 Å². The maximum Gasteiger partial charge on any atom is 0.321 e. The van der Waals surface area contributed by atoms with Gasteiger partial charge in [0.15, 0.2) is 11.5 Å². The lowest BCUT2D eigenvalue weighted by Crippen LogP contribution is -2.49. The first-order chi connectivity index (χ1) is 13.1. The Balaban J connectivity index is 1.59. The Morgan fingerprint density at radius 1 is 1.07 bits per heavy atom. The summed E-state index contributed by atoms with van der Waals surface area (Å²) in [4.78, 5) is 16.8. The molecule has 1 aliphatic heterocycles. The van der Waals surface area contributed by atoms with Gasteiger partial charge in [0.2, 0.25) is 5.75 Å². The van der Waals surface area contributed by atoms with Crippen LogP contribution in [-0.2, 0) is 6.54 Å². The molecule has 8 heteroatoms. The third-order valence-electron chi connectivity index (χ3n) is 4.56. The van der Waals surface area contributed by atoms with Gasteiger partial charge in [-0.15, -0.1) is 0 Å². The summed E-state index contributed by atoms with van der Waals surface area (Å²) >= 11 is 1.71. The molecule has 1 aromatic heterocycles. The first-order valence-electron chi connectivity index (χ1n) is 8.74. The smallest absolute Gasteiger partial charge is 0.321 e. The van der Waals surface area contributed by atoms with Crippen molar-refractivity contribution in [2.24, 2.45) is 0 Å². The Bertz CT molecular complexity index is 733. The van der Waals surface area contributed by atoms with E-state index in [9.17, 15) is 4.79 Å². The predicted octanol–water partition coefficient (Wildman–Crippen LogP) is 3.12. The molecule has 0 bridgehead atoms. The zero-order valence-electron chi connectivity index (χ0n) is 15.9. The number of piperazine rings is 1. The molecule has 1 fully saturated rings.